The number of carbonyl (C=O) groups is 1. The van der Waals surface area contributed by atoms with Gasteiger partial charge in [-0.1, -0.05) is 19.1 Å². The van der Waals surface area contributed by atoms with E-state index in [0.717, 1.165) is 25.2 Å². The lowest BCUT2D eigenvalue weighted by atomic mass is 10.1. The molecule has 22 heavy (non-hydrogen) atoms. The standard InChI is InChI=1S/C18H28N2O2/c1-5-12-20(18(2,3)4)17(21)22-16-11-7-6-10-15(16)19-13-8-9-14-19/h6-7,10-11H,5,8-9,12-14H2,1-4H3. The summed E-state index contributed by atoms with van der Waals surface area (Å²) in [7, 11) is 0. The number of amides is 1. The van der Waals surface area contributed by atoms with Gasteiger partial charge in [-0.2, -0.15) is 0 Å². The lowest BCUT2D eigenvalue weighted by Crippen LogP contribution is -2.47. The van der Waals surface area contributed by atoms with Gasteiger partial charge in [0.2, 0.25) is 0 Å². The lowest BCUT2D eigenvalue weighted by molar-refractivity contribution is 0.107. The zero-order valence-electron chi connectivity index (χ0n) is 14.3. The number of ether oxygens (including phenoxy) is 1. The van der Waals surface area contributed by atoms with Crippen molar-refractivity contribution < 1.29 is 9.53 Å². The topological polar surface area (TPSA) is 32.8 Å². The third-order valence-corrected chi connectivity index (χ3v) is 3.99. The van der Waals surface area contributed by atoms with E-state index in [-0.39, 0.29) is 11.6 Å². The van der Waals surface area contributed by atoms with Gasteiger partial charge >= 0.3 is 6.09 Å². The van der Waals surface area contributed by atoms with Crippen molar-refractivity contribution in [2.24, 2.45) is 0 Å². The Morgan fingerprint density at radius 1 is 1.23 bits per heavy atom. The van der Waals surface area contributed by atoms with E-state index in [9.17, 15) is 4.79 Å². The molecule has 2 rings (SSSR count). The van der Waals surface area contributed by atoms with E-state index in [1.165, 1.54) is 12.8 Å². The first-order valence-electron chi connectivity index (χ1n) is 8.27. The smallest absolute Gasteiger partial charge is 0.408 e. The summed E-state index contributed by atoms with van der Waals surface area (Å²) in [6.07, 6.45) is 3.06. The molecule has 1 saturated heterocycles. The highest BCUT2D eigenvalue weighted by Crippen LogP contribution is 2.31. The van der Waals surface area contributed by atoms with Crippen LogP contribution in [0.2, 0.25) is 0 Å². The zero-order valence-corrected chi connectivity index (χ0v) is 14.3. The van der Waals surface area contributed by atoms with Crippen molar-refractivity contribution in [3.8, 4) is 5.75 Å². The van der Waals surface area contributed by atoms with Gasteiger partial charge in [0.25, 0.3) is 0 Å². The van der Waals surface area contributed by atoms with Crippen LogP contribution in [0.4, 0.5) is 10.5 Å². The molecule has 1 aromatic carbocycles. The average Bonchev–Trinajstić information content (AvgIpc) is 2.98. The van der Waals surface area contributed by atoms with Gasteiger partial charge in [0.05, 0.1) is 5.69 Å². The molecule has 1 amide bonds. The first-order chi connectivity index (χ1) is 10.4. The number of nitrogens with zero attached hydrogens (tertiary/aromatic N) is 2. The van der Waals surface area contributed by atoms with Crippen LogP contribution in [0.5, 0.6) is 5.75 Å². The molecule has 0 unspecified atom stereocenters. The normalized spacial score (nSPS) is 15.0. The van der Waals surface area contributed by atoms with Crippen molar-refractivity contribution in [1.29, 1.82) is 0 Å². The van der Waals surface area contributed by atoms with E-state index >= 15 is 0 Å². The van der Waals surface area contributed by atoms with E-state index in [0.29, 0.717) is 12.3 Å². The molecule has 0 atom stereocenters. The SMILES string of the molecule is CCCN(C(=O)Oc1ccccc1N1CCCC1)C(C)(C)C. The molecule has 1 aromatic rings. The van der Waals surface area contributed by atoms with Gasteiger partial charge in [-0.05, 0) is 52.2 Å². The third kappa shape index (κ3) is 3.93. The Labute approximate surface area is 134 Å². The van der Waals surface area contributed by atoms with Crippen molar-refractivity contribution in [2.75, 3.05) is 24.5 Å². The summed E-state index contributed by atoms with van der Waals surface area (Å²) in [5, 5.41) is 0. The minimum absolute atomic E-state index is 0.240. The molecular weight excluding hydrogens is 276 g/mol. The molecule has 0 radical (unpaired) electrons. The van der Waals surface area contributed by atoms with Gasteiger partial charge in [0.15, 0.2) is 5.75 Å². The summed E-state index contributed by atoms with van der Waals surface area (Å²) < 4.78 is 5.74. The van der Waals surface area contributed by atoms with Crippen molar-refractivity contribution in [1.82, 2.24) is 4.90 Å². The van der Waals surface area contributed by atoms with Crippen molar-refractivity contribution >= 4 is 11.8 Å². The molecule has 122 valence electrons. The Morgan fingerprint density at radius 2 is 1.86 bits per heavy atom. The van der Waals surface area contributed by atoms with Gasteiger partial charge in [-0.15, -0.1) is 0 Å². The second kappa shape index (κ2) is 7.03. The molecule has 0 aliphatic carbocycles. The van der Waals surface area contributed by atoms with E-state index in [1.807, 2.05) is 45.0 Å². The largest absolute Gasteiger partial charge is 0.415 e. The van der Waals surface area contributed by atoms with Crippen molar-refractivity contribution in [3.63, 3.8) is 0 Å². The number of benzene rings is 1. The number of rotatable bonds is 4. The van der Waals surface area contributed by atoms with Gasteiger partial charge in [0, 0.05) is 25.2 Å². The quantitative estimate of drug-likeness (QED) is 0.831. The van der Waals surface area contributed by atoms with Crippen LogP contribution in [0, 0.1) is 0 Å². The summed E-state index contributed by atoms with van der Waals surface area (Å²) in [5.74, 6) is 0.666. The zero-order chi connectivity index (χ0) is 16.2. The molecule has 0 aromatic heterocycles. The number of anilines is 1. The Kier molecular flexibility index (Phi) is 5.33. The maximum Gasteiger partial charge on any atom is 0.415 e. The maximum absolute atomic E-state index is 12.6. The molecule has 0 bridgehead atoms. The predicted molar refractivity (Wildman–Crippen MR) is 90.7 cm³/mol. The summed E-state index contributed by atoms with van der Waals surface area (Å²) in [5.41, 5.74) is 0.786. The Morgan fingerprint density at radius 3 is 2.45 bits per heavy atom. The Hall–Kier alpha value is -1.71. The molecular formula is C18H28N2O2. The lowest BCUT2D eigenvalue weighted by Gasteiger charge is -2.34. The first-order valence-corrected chi connectivity index (χ1v) is 8.27. The molecule has 0 spiro atoms. The van der Waals surface area contributed by atoms with Crippen LogP contribution in [0.3, 0.4) is 0 Å². The highest BCUT2D eigenvalue weighted by atomic mass is 16.6. The monoisotopic (exact) mass is 304 g/mol. The average molecular weight is 304 g/mol. The second-order valence-corrected chi connectivity index (χ2v) is 6.85. The highest BCUT2D eigenvalue weighted by Gasteiger charge is 2.28. The van der Waals surface area contributed by atoms with Crippen LogP contribution in [0.25, 0.3) is 0 Å². The van der Waals surface area contributed by atoms with Gasteiger partial charge in [-0.3, -0.25) is 0 Å². The van der Waals surface area contributed by atoms with Crippen LogP contribution in [0.15, 0.2) is 24.3 Å². The van der Waals surface area contributed by atoms with Crippen molar-refractivity contribution in [3.05, 3.63) is 24.3 Å². The van der Waals surface area contributed by atoms with E-state index in [1.54, 1.807) is 4.90 Å². The fraction of sp³-hybridized carbons (Fsp3) is 0.611. The fourth-order valence-electron chi connectivity index (χ4n) is 2.84. The third-order valence-electron chi connectivity index (χ3n) is 3.99. The van der Waals surface area contributed by atoms with E-state index in [2.05, 4.69) is 11.8 Å². The molecule has 4 nitrogen and oxygen atoms in total. The van der Waals surface area contributed by atoms with Crippen LogP contribution in [-0.4, -0.2) is 36.2 Å². The summed E-state index contributed by atoms with van der Waals surface area (Å²) in [6, 6.07) is 7.84. The number of hydrogen-bond acceptors (Lipinski definition) is 3. The molecule has 1 heterocycles. The molecule has 1 aliphatic rings. The van der Waals surface area contributed by atoms with E-state index in [4.69, 9.17) is 4.74 Å². The van der Waals surface area contributed by atoms with Crippen LogP contribution in [0.1, 0.15) is 47.0 Å². The van der Waals surface area contributed by atoms with Crippen LogP contribution in [-0.2, 0) is 0 Å². The molecule has 1 aliphatic heterocycles. The molecule has 4 heteroatoms. The Balaban J connectivity index is 2.17. The highest BCUT2D eigenvalue weighted by molar-refractivity contribution is 5.74. The molecule has 0 N–H and O–H groups in total. The number of hydrogen-bond donors (Lipinski definition) is 0. The van der Waals surface area contributed by atoms with E-state index < -0.39 is 0 Å². The molecule has 0 saturated carbocycles. The van der Waals surface area contributed by atoms with Gasteiger partial charge in [0.1, 0.15) is 0 Å². The Bertz CT molecular complexity index is 502. The number of carbonyl (C=O) groups excluding carboxylic acids is 1. The minimum Gasteiger partial charge on any atom is -0.408 e. The van der Waals surface area contributed by atoms with Crippen LogP contribution < -0.4 is 9.64 Å². The summed E-state index contributed by atoms with van der Waals surface area (Å²) in [6.45, 7) is 11.0. The van der Waals surface area contributed by atoms with Crippen LogP contribution >= 0.6 is 0 Å². The summed E-state index contributed by atoms with van der Waals surface area (Å²) in [4.78, 5) is 16.7. The second-order valence-electron chi connectivity index (χ2n) is 6.85. The molecule has 1 fully saturated rings. The van der Waals surface area contributed by atoms with Gasteiger partial charge in [-0.25, -0.2) is 4.79 Å². The number of para-hydroxylation sites is 2. The maximum atomic E-state index is 12.6. The predicted octanol–water partition coefficient (Wildman–Crippen LogP) is 4.30. The van der Waals surface area contributed by atoms with Crippen molar-refractivity contribution in [2.45, 2.75) is 52.5 Å². The van der Waals surface area contributed by atoms with Gasteiger partial charge < -0.3 is 14.5 Å². The minimum atomic E-state index is -0.263. The summed E-state index contributed by atoms with van der Waals surface area (Å²) >= 11 is 0. The fourth-order valence-corrected chi connectivity index (χ4v) is 2.84. The first kappa shape index (κ1) is 16.7.